The topological polar surface area (TPSA) is 93.4 Å². The van der Waals surface area contributed by atoms with Crippen molar-refractivity contribution in [2.75, 3.05) is 13.1 Å². The number of nitriles is 1. The minimum atomic E-state index is -0.870. The first-order chi connectivity index (χ1) is 9.94. The Morgan fingerprint density at radius 3 is 2.62 bits per heavy atom. The van der Waals surface area contributed by atoms with Gasteiger partial charge in [-0.15, -0.1) is 0 Å². The number of nitrogens with zero attached hydrogens (tertiary/aromatic N) is 2. The van der Waals surface area contributed by atoms with Crippen LogP contribution in [-0.2, 0) is 11.3 Å². The third-order valence-electron chi connectivity index (χ3n) is 3.80. The zero-order valence-corrected chi connectivity index (χ0v) is 11.8. The Kier molecular flexibility index (Phi) is 4.13. The average molecular weight is 287 g/mol. The molecule has 0 saturated carbocycles. The lowest BCUT2D eigenvalue weighted by Crippen LogP contribution is -2.40. The Labute approximate surface area is 123 Å². The first-order valence-corrected chi connectivity index (χ1v) is 6.70. The van der Waals surface area contributed by atoms with Crippen LogP contribution in [0.2, 0.25) is 0 Å². The van der Waals surface area contributed by atoms with Crippen molar-refractivity contribution < 1.29 is 14.7 Å². The molecule has 21 heavy (non-hydrogen) atoms. The summed E-state index contributed by atoms with van der Waals surface area (Å²) in [5.74, 6) is -0.870. The van der Waals surface area contributed by atoms with E-state index in [1.807, 2.05) is 6.07 Å². The lowest BCUT2D eigenvalue weighted by Gasteiger charge is -2.20. The molecule has 1 atom stereocenters. The van der Waals surface area contributed by atoms with Gasteiger partial charge in [0.05, 0.1) is 17.0 Å². The second kappa shape index (κ2) is 5.83. The number of nitrogens with one attached hydrogen (secondary N) is 1. The molecule has 1 fully saturated rings. The number of benzene rings is 1. The third kappa shape index (κ3) is 3.31. The van der Waals surface area contributed by atoms with Gasteiger partial charge in [-0.1, -0.05) is 12.1 Å². The number of amides is 2. The maximum Gasteiger partial charge on any atom is 0.317 e. The van der Waals surface area contributed by atoms with E-state index in [1.54, 1.807) is 31.2 Å². The molecule has 1 aromatic rings. The van der Waals surface area contributed by atoms with Gasteiger partial charge in [0.15, 0.2) is 0 Å². The van der Waals surface area contributed by atoms with Crippen molar-refractivity contribution in [1.82, 2.24) is 10.2 Å². The van der Waals surface area contributed by atoms with Crippen molar-refractivity contribution in [3.05, 3.63) is 35.4 Å². The van der Waals surface area contributed by atoms with E-state index in [1.165, 1.54) is 4.90 Å². The predicted octanol–water partition coefficient (Wildman–Crippen LogP) is 1.56. The lowest BCUT2D eigenvalue weighted by atomic mass is 9.90. The number of carbonyl (C=O) groups excluding carboxylic acids is 1. The van der Waals surface area contributed by atoms with E-state index in [9.17, 15) is 9.59 Å². The van der Waals surface area contributed by atoms with E-state index in [0.29, 0.717) is 25.1 Å². The van der Waals surface area contributed by atoms with Crippen molar-refractivity contribution >= 4 is 12.0 Å². The summed E-state index contributed by atoms with van der Waals surface area (Å²) in [6, 6.07) is 8.72. The smallest absolute Gasteiger partial charge is 0.317 e. The molecule has 2 rings (SSSR count). The summed E-state index contributed by atoms with van der Waals surface area (Å²) in [6.07, 6.45) is 0.465. The largest absolute Gasteiger partial charge is 0.481 e. The molecule has 6 heteroatoms. The van der Waals surface area contributed by atoms with Crippen molar-refractivity contribution in [3.63, 3.8) is 0 Å². The van der Waals surface area contributed by atoms with Crippen LogP contribution in [0.25, 0.3) is 0 Å². The molecule has 1 saturated heterocycles. The van der Waals surface area contributed by atoms with E-state index in [-0.39, 0.29) is 12.6 Å². The first kappa shape index (κ1) is 14.9. The van der Waals surface area contributed by atoms with Crippen molar-refractivity contribution in [2.45, 2.75) is 19.9 Å². The molecule has 1 aliphatic heterocycles. The predicted molar refractivity (Wildman–Crippen MR) is 75.3 cm³/mol. The standard InChI is InChI=1S/C15H17N3O3/c1-15(13(19)20)6-7-18(10-15)14(21)17-9-12-4-2-11(8-16)3-5-12/h2-5H,6-7,9-10H2,1H3,(H,17,21)(H,19,20). The van der Waals surface area contributed by atoms with Crippen LogP contribution in [0.3, 0.4) is 0 Å². The van der Waals surface area contributed by atoms with Crippen LogP contribution in [0.4, 0.5) is 4.79 Å². The van der Waals surface area contributed by atoms with Crippen molar-refractivity contribution in [3.8, 4) is 6.07 Å². The van der Waals surface area contributed by atoms with Gasteiger partial charge in [0, 0.05) is 19.6 Å². The van der Waals surface area contributed by atoms with Gasteiger partial charge in [-0.3, -0.25) is 4.79 Å². The second-order valence-electron chi connectivity index (χ2n) is 5.50. The Balaban J connectivity index is 1.88. The summed E-state index contributed by atoms with van der Waals surface area (Å²) in [5.41, 5.74) is 0.607. The van der Waals surface area contributed by atoms with Gasteiger partial charge >= 0.3 is 12.0 Å². The van der Waals surface area contributed by atoms with Gasteiger partial charge in [-0.2, -0.15) is 5.26 Å². The number of hydrogen-bond acceptors (Lipinski definition) is 3. The molecule has 2 N–H and O–H groups in total. The fourth-order valence-electron chi connectivity index (χ4n) is 2.30. The Morgan fingerprint density at radius 1 is 1.43 bits per heavy atom. The van der Waals surface area contributed by atoms with Crippen LogP contribution in [0.5, 0.6) is 0 Å². The highest BCUT2D eigenvalue weighted by Gasteiger charge is 2.42. The van der Waals surface area contributed by atoms with Crippen molar-refractivity contribution in [1.29, 1.82) is 5.26 Å². The van der Waals surface area contributed by atoms with Crippen LogP contribution in [0.1, 0.15) is 24.5 Å². The van der Waals surface area contributed by atoms with Gasteiger partial charge < -0.3 is 15.3 Å². The summed E-state index contributed by atoms with van der Waals surface area (Å²) < 4.78 is 0. The molecule has 0 radical (unpaired) electrons. The highest BCUT2D eigenvalue weighted by molar-refractivity contribution is 5.79. The Hall–Kier alpha value is -2.55. The molecule has 0 spiro atoms. The number of rotatable bonds is 3. The molecule has 1 heterocycles. The molecule has 6 nitrogen and oxygen atoms in total. The van der Waals surface area contributed by atoms with E-state index < -0.39 is 11.4 Å². The monoisotopic (exact) mass is 287 g/mol. The summed E-state index contributed by atoms with van der Waals surface area (Å²) in [5, 5.41) is 20.6. The van der Waals surface area contributed by atoms with Gasteiger partial charge in [-0.05, 0) is 31.0 Å². The third-order valence-corrected chi connectivity index (χ3v) is 3.80. The SMILES string of the molecule is CC1(C(=O)O)CCN(C(=O)NCc2ccc(C#N)cc2)C1. The maximum atomic E-state index is 12.0. The molecule has 0 aliphatic carbocycles. The summed E-state index contributed by atoms with van der Waals surface area (Å²) in [4.78, 5) is 24.7. The summed E-state index contributed by atoms with van der Waals surface area (Å²) in [6.45, 7) is 2.68. The van der Waals surface area contributed by atoms with Gasteiger partial charge in [-0.25, -0.2) is 4.79 Å². The zero-order valence-electron chi connectivity index (χ0n) is 11.8. The molecule has 0 aromatic heterocycles. The Morgan fingerprint density at radius 2 is 2.10 bits per heavy atom. The molecular weight excluding hydrogens is 270 g/mol. The molecule has 2 amide bonds. The molecule has 1 unspecified atom stereocenters. The van der Waals surface area contributed by atoms with Gasteiger partial charge in [0.25, 0.3) is 0 Å². The average Bonchev–Trinajstić information content (AvgIpc) is 2.89. The number of carboxylic acid groups (broad SMARTS) is 1. The molecule has 1 aliphatic rings. The number of aliphatic carboxylic acids is 1. The highest BCUT2D eigenvalue weighted by Crippen LogP contribution is 2.29. The van der Waals surface area contributed by atoms with E-state index >= 15 is 0 Å². The van der Waals surface area contributed by atoms with Crippen LogP contribution in [-0.4, -0.2) is 35.1 Å². The van der Waals surface area contributed by atoms with E-state index in [4.69, 9.17) is 10.4 Å². The number of likely N-dealkylation sites (tertiary alicyclic amines) is 1. The fraction of sp³-hybridized carbons (Fsp3) is 0.400. The number of carbonyl (C=O) groups is 2. The second-order valence-corrected chi connectivity index (χ2v) is 5.50. The number of carboxylic acids is 1. The van der Waals surface area contributed by atoms with Crippen molar-refractivity contribution in [2.24, 2.45) is 5.41 Å². The van der Waals surface area contributed by atoms with Crippen LogP contribution in [0.15, 0.2) is 24.3 Å². The molecule has 110 valence electrons. The normalized spacial score (nSPS) is 20.9. The molecular formula is C15H17N3O3. The minimum absolute atomic E-state index is 0.224. The molecule has 1 aromatic carbocycles. The number of urea groups is 1. The lowest BCUT2D eigenvalue weighted by molar-refractivity contribution is -0.146. The van der Waals surface area contributed by atoms with E-state index in [0.717, 1.165) is 5.56 Å². The zero-order chi connectivity index (χ0) is 15.5. The Bertz CT molecular complexity index is 591. The maximum absolute atomic E-state index is 12.0. The van der Waals surface area contributed by atoms with E-state index in [2.05, 4.69) is 5.32 Å². The molecule has 0 bridgehead atoms. The van der Waals surface area contributed by atoms with Gasteiger partial charge in [0.2, 0.25) is 0 Å². The quantitative estimate of drug-likeness (QED) is 0.882. The summed E-state index contributed by atoms with van der Waals surface area (Å²) >= 11 is 0. The fourth-order valence-corrected chi connectivity index (χ4v) is 2.30. The van der Waals surface area contributed by atoms with Crippen LogP contribution < -0.4 is 5.32 Å². The minimum Gasteiger partial charge on any atom is -0.481 e. The highest BCUT2D eigenvalue weighted by atomic mass is 16.4. The first-order valence-electron chi connectivity index (χ1n) is 6.70. The number of hydrogen-bond donors (Lipinski definition) is 2. The van der Waals surface area contributed by atoms with Crippen LogP contribution in [0, 0.1) is 16.7 Å². The van der Waals surface area contributed by atoms with Crippen LogP contribution >= 0.6 is 0 Å². The summed E-state index contributed by atoms with van der Waals surface area (Å²) in [7, 11) is 0. The van der Waals surface area contributed by atoms with Gasteiger partial charge in [0.1, 0.15) is 0 Å².